The van der Waals surface area contributed by atoms with Gasteiger partial charge in [0, 0.05) is 43.8 Å². The van der Waals surface area contributed by atoms with E-state index in [1.54, 1.807) is 0 Å². The van der Waals surface area contributed by atoms with Crippen molar-refractivity contribution in [1.82, 2.24) is 4.90 Å². The highest BCUT2D eigenvalue weighted by atomic mass is 16.5. The minimum atomic E-state index is -0.393. The van der Waals surface area contributed by atoms with Gasteiger partial charge in [-0.3, -0.25) is 10.2 Å². The summed E-state index contributed by atoms with van der Waals surface area (Å²) in [5.74, 6) is 0. The molecule has 0 aliphatic carbocycles. The average molecular weight is 404 g/mol. The number of anilines is 2. The lowest BCUT2D eigenvalue weighted by Crippen LogP contribution is -2.46. The van der Waals surface area contributed by atoms with E-state index < -0.39 is 6.09 Å². The van der Waals surface area contributed by atoms with Crippen LogP contribution in [0.3, 0.4) is 0 Å². The Labute approximate surface area is 178 Å². The van der Waals surface area contributed by atoms with E-state index in [1.165, 1.54) is 11.3 Å². The number of aryl methyl sites for hydroxylation is 1. The van der Waals surface area contributed by atoms with Gasteiger partial charge in [0.15, 0.2) is 0 Å². The van der Waals surface area contributed by atoms with Gasteiger partial charge in [-0.2, -0.15) is 0 Å². The van der Waals surface area contributed by atoms with Crippen LogP contribution in [0.1, 0.15) is 12.0 Å². The number of rotatable bonds is 6. The lowest BCUT2D eigenvalue weighted by molar-refractivity contribution is 0.151. The molecule has 3 aromatic rings. The first kappa shape index (κ1) is 20.2. The molecule has 0 unspecified atom stereocenters. The highest BCUT2D eigenvalue weighted by Gasteiger charge is 2.17. The highest BCUT2D eigenvalue weighted by molar-refractivity contribution is 6.00. The molecule has 0 spiro atoms. The molecule has 0 saturated carbocycles. The zero-order valence-corrected chi connectivity index (χ0v) is 17.5. The predicted molar refractivity (Wildman–Crippen MR) is 123 cm³/mol. The molecule has 3 aromatic carbocycles. The second-order valence-corrected chi connectivity index (χ2v) is 7.81. The Morgan fingerprint density at radius 1 is 0.933 bits per heavy atom. The molecule has 5 nitrogen and oxygen atoms in total. The lowest BCUT2D eigenvalue weighted by Gasteiger charge is -2.36. The van der Waals surface area contributed by atoms with E-state index >= 15 is 0 Å². The van der Waals surface area contributed by atoms with Gasteiger partial charge in [-0.15, -0.1) is 0 Å². The van der Waals surface area contributed by atoms with Crippen molar-refractivity contribution in [3.05, 3.63) is 72.3 Å². The smallest absolute Gasteiger partial charge is 0.411 e. The van der Waals surface area contributed by atoms with Crippen LogP contribution < -0.4 is 10.2 Å². The Kier molecular flexibility index (Phi) is 6.50. The number of fused-ring (bicyclic) bond motifs is 1. The largest absolute Gasteiger partial charge is 0.449 e. The maximum Gasteiger partial charge on any atom is 0.411 e. The summed E-state index contributed by atoms with van der Waals surface area (Å²) >= 11 is 0. The van der Waals surface area contributed by atoms with Gasteiger partial charge in [-0.1, -0.05) is 54.1 Å². The monoisotopic (exact) mass is 403 g/mol. The molecule has 1 N–H and O–H groups in total. The fraction of sp³-hybridized carbons (Fsp3) is 0.320. The summed E-state index contributed by atoms with van der Waals surface area (Å²) < 4.78 is 5.40. The molecule has 1 saturated heterocycles. The van der Waals surface area contributed by atoms with Gasteiger partial charge in [0.2, 0.25) is 0 Å². The maximum absolute atomic E-state index is 12.2. The number of amides is 1. The SMILES string of the molecule is Cc1ccc(N2CCN(CCCOC(=O)Nc3cccc4ccccc34)CC2)cc1. The van der Waals surface area contributed by atoms with Crippen LogP contribution >= 0.6 is 0 Å². The topological polar surface area (TPSA) is 44.8 Å². The number of benzene rings is 3. The van der Waals surface area contributed by atoms with Crippen molar-refractivity contribution in [1.29, 1.82) is 0 Å². The van der Waals surface area contributed by atoms with Gasteiger partial charge < -0.3 is 9.64 Å². The number of carbonyl (C=O) groups excluding carboxylic acids is 1. The third-order valence-electron chi connectivity index (χ3n) is 5.65. The normalized spacial score (nSPS) is 14.6. The Hall–Kier alpha value is -3.05. The Bertz CT molecular complexity index is 974. The zero-order chi connectivity index (χ0) is 20.8. The van der Waals surface area contributed by atoms with E-state index in [0.29, 0.717) is 6.61 Å². The van der Waals surface area contributed by atoms with Gasteiger partial charge in [0.05, 0.1) is 12.3 Å². The van der Waals surface area contributed by atoms with E-state index in [0.717, 1.165) is 55.6 Å². The number of carbonyl (C=O) groups is 1. The third kappa shape index (κ3) is 5.10. The van der Waals surface area contributed by atoms with Gasteiger partial charge in [-0.25, -0.2) is 4.79 Å². The molecule has 4 rings (SSSR count). The molecule has 1 fully saturated rings. The average Bonchev–Trinajstić information content (AvgIpc) is 2.78. The van der Waals surface area contributed by atoms with Crippen LogP contribution in [0, 0.1) is 6.92 Å². The number of hydrogen-bond acceptors (Lipinski definition) is 4. The van der Waals surface area contributed by atoms with Crippen molar-refractivity contribution in [3.8, 4) is 0 Å². The second kappa shape index (κ2) is 9.63. The number of nitrogens with zero attached hydrogens (tertiary/aromatic N) is 2. The first-order chi connectivity index (χ1) is 14.7. The summed E-state index contributed by atoms with van der Waals surface area (Å²) in [5.41, 5.74) is 3.38. The van der Waals surface area contributed by atoms with Crippen LogP contribution in [0.4, 0.5) is 16.2 Å². The molecular formula is C25H29N3O2. The van der Waals surface area contributed by atoms with Gasteiger partial charge in [-0.05, 0) is 36.9 Å². The van der Waals surface area contributed by atoms with Crippen molar-refractivity contribution in [3.63, 3.8) is 0 Å². The molecule has 1 aliphatic rings. The molecule has 0 atom stereocenters. The molecule has 1 amide bonds. The van der Waals surface area contributed by atoms with Gasteiger partial charge in [0.1, 0.15) is 0 Å². The van der Waals surface area contributed by atoms with E-state index in [-0.39, 0.29) is 0 Å². The Morgan fingerprint density at radius 3 is 2.47 bits per heavy atom. The second-order valence-electron chi connectivity index (χ2n) is 7.81. The highest BCUT2D eigenvalue weighted by Crippen LogP contribution is 2.23. The summed E-state index contributed by atoms with van der Waals surface area (Å²) in [6.07, 6.45) is 0.448. The first-order valence-electron chi connectivity index (χ1n) is 10.6. The quantitative estimate of drug-likeness (QED) is 0.594. The number of nitrogens with one attached hydrogen (secondary N) is 1. The van der Waals surface area contributed by atoms with Crippen LogP contribution in [0.5, 0.6) is 0 Å². The number of ether oxygens (including phenoxy) is 1. The predicted octanol–water partition coefficient (Wildman–Crippen LogP) is 4.91. The van der Waals surface area contributed by atoms with Crippen LogP contribution in [0.25, 0.3) is 10.8 Å². The number of piperazine rings is 1. The van der Waals surface area contributed by atoms with Crippen LogP contribution in [0.15, 0.2) is 66.7 Å². The molecule has 5 heteroatoms. The van der Waals surface area contributed by atoms with Crippen LogP contribution in [-0.2, 0) is 4.74 Å². The lowest BCUT2D eigenvalue weighted by atomic mass is 10.1. The summed E-state index contributed by atoms with van der Waals surface area (Å²) in [4.78, 5) is 17.1. The summed E-state index contributed by atoms with van der Waals surface area (Å²) in [6.45, 7) is 7.63. The van der Waals surface area contributed by atoms with E-state index in [4.69, 9.17) is 4.74 Å². The standard InChI is InChI=1S/C25H29N3O2/c1-20-10-12-22(13-11-20)28-17-15-27(16-18-28)14-5-19-30-25(29)26-24-9-4-7-21-6-2-3-8-23(21)24/h2-4,6-13H,5,14-19H2,1H3,(H,26,29). The Morgan fingerprint density at radius 2 is 1.67 bits per heavy atom. The van der Waals surface area contributed by atoms with E-state index in [2.05, 4.69) is 46.3 Å². The minimum absolute atomic E-state index is 0.393. The van der Waals surface area contributed by atoms with Gasteiger partial charge in [0.25, 0.3) is 0 Å². The molecule has 1 heterocycles. The maximum atomic E-state index is 12.2. The molecule has 30 heavy (non-hydrogen) atoms. The third-order valence-corrected chi connectivity index (χ3v) is 5.65. The van der Waals surface area contributed by atoms with Crippen molar-refractivity contribution < 1.29 is 9.53 Å². The van der Waals surface area contributed by atoms with E-state index in [1.807, 2.05) is 42.5 Å². The minimum Gasteiger partial charge on any atom is -0.449 e. The molecule has 0 aromatic heterocycles. The van der Waals surface area contributed by atoms with Gasteiger partial charge >= 0.3 is 6.09 Å². The first-order valence-corrected chi connectivity index (χ1v) is 10.6. The molecule has 156 valence electrons. The molecule has 0 bridgehead atoms. The van der Waals surface area contributed by atoms with Crippen molar-refractivity contribution in [2.45, 2.75) is 13.3 Å². The number of hydrogen-bond donors (Lipinski definition) is 1. The summed E-state index contributed by atoms with van der Waals surface area (Å²) in [6, 6.07) is 22.6. The van der Waals surface area contributed by atoms with Crippen molar-refractivity contribution >= 4 is 28.2 Å². The van der Waals surface area contributed by atoms with Crippen LogP contribution in [0.2, 0.25) is 0 Å². The van der Waals surface area contributed by atoms with E-state index in [9.17, 15) is 4.79 Å². The van der Waals surface area contributed by atoms with Crippen LogP contribution in [-0.4, -0.2) is 50.3 Å². The molecule has 0 radical (unpaired) electrons. The summed E-state index contributed by atoms with van der Waals surface area (Å²) in [5, 5.41) is 4.98. The molecular weight excluding hydrogens is 374 g/mol. The zero-order valence-electron chi connectivity index (χ0n) is 17.5. The van der Waals surface area contributed by atoms with Crippen molar-refractivity contribution in [2.24, 2.45) is 0 Å². The Balaban J connectivity index is 1.17. The summed E-state index contributed by atoms with van der Waals surface area (Å²) in [7, 11) is 0. The van der Waals surface area contributed by atoms with Crippen molar-refractivity contribution in [2.75, 3.05) is 49.5 Å². The molecule has 1 aliphatic heterocycles. The fourth-order valence-electron chi connectivity index (χ4n) is 3.92. The fourth-order valence-corrected chi connectivity index (χ4v) is 3.92.